The van der Waals surface area contributed by atoms with E-state index in [1.54, 1.807) is 0 Å². The fourth-order valence-corrected chi connectivity index (χ4v) is 3.29. The molecule has 0 spiro atoms. The molecule has 1 heterocycles. The number of likely N-dealkylation sites (N-methyl/N-ethyl adjacent to an activating group) is 1. The largest absolute Gasteiger partial charge is 0.369 e. The molecule has 0 radical (unpaired) electrons. The topological polar surface area (TPSA) is 47.6 Å². The number of carbonyl (C=O) groups is 1. The van der Waals surface area contributed by atoms with Crippen LogP contribution in [0.2, 0.25) is 0 Å². The molecule has 1 saturated heterocycles. The third kappa shape index (κ3) is 5.23. The van der Waals surface area contributed by atoms with Crippen molar-refractivity contribution in [3.05, 3.63) is 60.2 Å². The third-order valence-electron chi connectivity index (χ3n) is 5.24. The van der Waals surface area contributed by atoms with Gasteiger partial charge in [-0.15, -0.1) is 0 Å². The van der Waals surface area contributed by atoms with Crippen molar-refractivity contribution in [2.24, 2.45) is 0 Å². The van der Waals surface area contributed by atoms with Crippen LogP contribution < -0.4 is 15.5 Å². The van der Waals surface area contributed by atoms with E-state index in [2.05, 4.69) is 65.6 Å². The normalized spacial score (nSPS) is 15.4. The minimum absolute atomic E-state index is 0.121. The van der Waals surface area contributed by atoms with Crippen LogP contribution >= 0.6 is 0 Å². The molecule has 0 saturated carbocycles. The molecule has 0 bridgehead atoms. The summed E-state index contributed by atoms with van der Waals surface area (Å²) in [5.41, 5.74) is 3.10. The lowest BCUT2D eigenvalue weighted by atomic mass is 9.85. The molecular formula is C22H30N4O. The summed E-state index contributed by atoms with van der Waals surface area (Å²) >= 11 is 0. The molecule has 5 nitrogen and oxygen atoms in total. The van der Waals surface area contributed by atoms with Gasteiger partial charge in [0.1, 0.15) is 0 Å². The first-order valence-corrected chi connectivity index (χ1v) is 9.58. The van der Waals surface area contributed by atoms with Crippen LogP contribution in [0.5, 0.6) is 0 Å². The Morgan fingerprint density at radius 1 is 0.963 bits per heavy atom. The molecule has 2 amide bonds. The van der Waals surface area contributed by atoms with E-state index >= 15 is 0 Å². The highest BCUT2D eigenvalue weighted by Crippen LogP contribution is 2.22. The number of nitrogens with one attached hydrogen (secondary N) is 2. The third-order valence-corrected chi connectivity index (χ3v) is 5.24. The van der Waals surface area contributed by atoms with Crippen molar-refractivity contribution in [1.82, 2.24) is 10.2 Å². The molecule has 2 aromatic rings. The number of urea groups is 1. The second-order valence-electron chi connectivity index (χ2n) is 7.89. The van der Waals surface area contributed by atoms with Gasteiger partial charge in [-0.3, -0.25) is 0 Å². The Morgan fingerprint density at radius 2 is 1.59 bits per heavy atom. The lowest BCUT2D eigenvalue weighted by molar-refractivity contribution is 0.249. The van der Waals surface area contributed by atoms with Gasteiger partial charge >= 0.3 is 6.03 Å². The van der Waals surface area contributed by atoms with E-state index in [4.69, 9.17) is 0 Å². The van der Waals surface area contributed by atoms with Gasteiger partial charge < -0.3 is 20.4 Å². The van der Waals surface area contributed by atoms with Crippen molar-refractivity contribution in [2.45, 2.75) is 19.3 Å². The Balaban J connectivity index is 1.51. The van der Waals surface area contributed by atoms with Gasteiger partial charge in [0.15, 0.2) is 0 Å². The van der Waals surface area contributed by atoms with E-state index in [1.807, 2.05) is 30.3 Å². The predicted molar refractivity (Wildman–Crippen MR) is 113 cm³/mol. The van der Waals surface area contributed by atoms with Crippen LogP contribution in [0.3, 0.4) is 0 Å². The van der Waals surface area contributed by atoms with Gasteiger partial charge in [0, 0.05) is 49.5 Å². The minimum atomic E-state index is -0.175. The molecule has 0 unspecified atom stereocenters. The SMILES string of the molecule is CN1CCN(c2ccc(NC(=O)NCC(C)(C)c3ccccc3)cc2)CC1. The summed E-state index contributed by atoms with van der Waals surface area (Å²) in [7, 11) is 2.15. The van der Waals surface area contributed by atoms with Crippen molar-refractivity contribution in [3.8, 4) is 0 Å². The van der Waals surface area contributed by atoms with Crippen molar-refractivity contribution in [2.75, 3.05) is 50.0 Å². The van der Waals surface area contributed by atoms with Crippen LogP contribution in [-0.4, -0.2) is 50.7 Å². The first kappa shape index (κ1) is 19.2. The van der Waals surface area contributed by atoms with Crippen molar-refractivity contribution < 1.29 is 4.79 Å². The number of benzene rings is 2. The highest BCUT2D eigenvalue weighted by Gasteiger charge is 2.21. The molecule has 0 aromatic heterocycles. The monoisotopic (exact) mass is 366 g/mol. The molecule has 144 valence electrons. The first-order chi connectivity index (χ1) is 12.9. The fraction of sp³-hybridized carbons (Fsp3) is 0.409. The average molecular weight is 367 g/mol. The summed E-state index contributed by atoms with van der Waals surface area (Å²) in [5, 5.41) is 5.91. The van der Waals surface area contributed by atoms with Crippen LogP contribution in [0.15, 0.2) is 54.6 Å². The maximum absolute atomic E-state index is 12.3. The van der Waals surface area contributed by atoms with E-state index in [1.165, 1.54) is 11.3 Å². The Bertz CT molecular complexity index is 735. The maximum atomic E-state index is 12.3. The fourth-order valence-electron chi connectivity index (χ4n) is 3.29. The number of piperazine rings is 1. The lowest BCUT2D eigenvalue weighted by Crippen LogP contribution is -2.44. The summed E-state index contributed by atoms with van der Waals surface area (Å²) in [6.45, 7) is 9.08. The van der Waals surface area contributed by atoms with Gasteiger partial charge in [-0.25, -0.2) is 4.79 Å². The van der Waals surface area contributed by atoms with Crippen molar-refractivity contribution in [1.29, 1.82) is 0 Å². The minimum Gasteiger partial charge on any atom is -0.369 e. The molecule has 27 heavy (non-hydrogen) atoms. The van der Waals surface area contributed by atoms with Crippen LogP contribution in [0.4, 0.5) is 16.2 Å². The quantitative estimate of drug-likeness (QED) is 0.851. The zero-order chi connectivity index (χ0) is 19.3. The first-order valence-electron chi connectivity index (χ1n) is 9.58. The summed E-state index contributed by atoms with van der Waals surface area (Å²) in [6.07, 6.45) is 0. The number of hydrogen-bond acceptors (Lipinski definition) is 3. The molecule has 1 fully saturated rings. The summed E-state index contributed by atoms with van der Waals surface area (Å²) in [5.74, 6) is 0. The summed E-state index contributed by atoms with van der Waals surface area (Å²) in [6, 6.07) is 18.2. The number of anilines is 2. The molecule has 1 aliphatic heterocycles. The van der Waals surface area contributed by atoms with Crippen LogP contribution in [0.25, 0.3) is 0 Å². The number of carbonyl (C=O) groups excluding carboxylic acids is 1. The Labute approximate surface area is 162 Å². The highest BCUT2D eigenvalue weighted by molar-refractivity contribution is 5.89. The second-order valence-corrected chi connectivity index (χ2v) is 7.89. The standard InChI is InChI=1S/C22H30N4O/c1-22(2,18-7-5-4-6-8-18)17-23-21(27)24-19-9-11-20(12-10-19)26-15-13-25(3)14-16-26/h4-12H,13-17H2,1-3H3,(H2,23,24,27). The van der Waals surface area contributed by atoms with Gasteiger partial charge in [-0.2, -0.15) is 0 Å². The van der Waals surface area contributed by atoms with Crippen LogP contribution in [0.1, 0.15) is 19.4 Å². The molecule has 0 atom stereocenters. The summed E-state index contributed by atoms with van der Waals surface area (Å²) < 4.78 is 0. The van der Waals surface area contributed by atoms with Gasteiger partial charge in [-0.05, 0) is 36.9 Å². The molecule has 2 aromatic carbocycles. The van der Waals surface area contributed by atoms with E-state index < -0.39 is 0 Å². The van der Waals surface area contributed by atoms with Crippen molar-refractivity contribution in [3.63, 3.8) is 0 Å². The Kier molecular flexibility index (Phi) is 6.01. The van der Waals surface area contributed by atoms with E-state index in [0.717, 1.165) is 31.9 Å². The smallest absolute Gasteiger partial charge is 0.319 e. The van der Waals surface area contributed by atoms with Gasteiger partial charge in [0.25, 0.3) is 0 Å². The van der Waals surface area contributed by atoms with Gasteiger partial charge in [0.2, 0.25) is 0 Å². The molecular weight excluding hydrogens is 336 g/mol. The maximum Gasteiger partial charge on any atom is 0.319 e. The predicted octanol–water partition coefficient (Wildman–Crippen LogP) is 3.54. The molecule has 2 N–H and O–H groups in total. The molecule has 1 aliphatic rings. The molecule has 5 heteroatoms. The number of nitrogens with zero attached hydrogens (tertiary/aromatic N) is 2. The zero-order valence-electron chi connectivity index (χ0n) is 16.5. The average Bonchev–Trinajstić information content (AvgIpc) is 2.68. The number of rotatable bonds is 5. The molecule has 0 aliphatic carbocycles. The van der Waals surface area contributed by atoms with Crippen LogP contribution in [0, 0.1) is 0 Å². The van der Waals surface area contributed by atoms with Crippen LogP contribution in [-0.2, 0) is 5.41 Å². The second kappa shape index (κ2) is 8.44. The summed E-state index contributed by atoms with van der Waals surface area (Å²) in [4.78, 5) is 17.0. The number of hydrogen-bond donors (Lipinski definition) is 2. The van der Waals surface area contributed by atoms with Crippen molar-refractivity contribution >= 4 is 17.4 Å². The van der Waals surface area contributed by atoms with Gasteiger partial charge in [-0.1, -0.05) is 44.2 Å². The lowest BCUT2D eigenvalue weighted by Gasteiger charge is -2.34. The van der Waals surface area contributed by atoms with E-state index in [0.29, 0.717) is 6.54 Å². The van der Waals surface area contributed by atoms with Gasteiger partial charge in [0.05, 0.1) is 0 Å². The highest BCUT2D eigenvalue weighted by atomic mass is 16.2. The van der Waals surface area contributed by atoms with E-state index in [9.17, 15) is 4.79 Å². The Morgan fingerprint density at radius 3 is 2.22 bits per heavy atom. The van der Waals surface area contributed by atoms with E-state index in [-0.39, 0.29) is 11.4 Å². The molecule has 3 rings (SSSR count). The number of amides is 2. The Hall–Kier alpha value is -2.53. The zero-order valence-corrected chi connectivity index (χ0v) is 16.5.